The van der Waals surface area contributed by atoms with Crippen molar-refractivity contribution in [1.29, 1.82) is 0 Å². The Morgan fingerprint density at radius 2 is 2.19 bits per heavy atom. The summed E-state index contributed by atoms with van der Waals surface area (Å²) in [6.07, 6.45) is 6.37. The third-order valence-electron chi connectivity index (χ3n) is 3.30. The normalized spacial score (nSPS) is 30.4. The molecule has 16 heavy (non-hydrogen) atoms. The zero-order chi connectivity index (χ0) is 11.5. The number of fused-ring (bicyclic) bond motifs is 2. The monoisotopic (exact) mass is 223 g/mol. The molecule has 0 aliphatic heterocycles. The molecule has 2 rings (SSSR count). The molecule has 2 aliphatic rings. The second-order valence-corrected chi connectivity index (χ2v) is 4.54. The van der Waals surface area contributed by atoms with Gasteiger partial charge in [0.1, 0.15) is 6.61 Å². The van der Waals surface area contributed by atoms with Crippen molar-refractivity contribution < 1.29 is 14.3 Å². The molecule has 0 spiro atoms. The van der Waals surface area contributed by atoms with Gasteiger partial charge in [0.25, 0.3) is 0 Å². The molecule has 0 aromatic carbocycles. The third-order valence-corrected chi connectivity index (χ3v) is 3.30. The van der Waals surface area contributed by atoms with Gasteiger partial charge in [-0.1, -0.05) is 12.2 Å². The lowest BCUT2D eigenvalue weighted by atomic mass is 9.94. The van der Waals surface area contributed by atoms with Gasteiger partial charge in [0.2, 0.25) is 5.91 Å². The summed E-state index contributed by atoms with van der Waals surface area (Å²) >= 11 is 0. The summed E-state index contributed by atoms with van der Waals surface area (Å²) in [6.45, 7) is 2.12. The molecule has 1 amide bonds. The van der Waals surface area contributed by atoms with E-state index in [-0.39, 0.29) is 24.4 Å². The largest absolute Gasteiger partial charge is 0.464 e. The molecule has 4 heteroatoms. The van der Waals surface area contributed by atoms with Gasteiger partial charge in [0.05, 0.1) is 12.5 Å². The quantitative estimate of drug-likeness (QED) is 0.437. The summed E-state index contributed by atoms with van der Waals surface area (Å²) in [5.74, 6) is 0.810. The van der Waals surface area contributed by atoms with E-state index in [1.54, 1.807) is 0 Å². The summed E-state index contributed by atoms with van der Waals surface area (Å²) in [6, 6.07) is 0. The van der Waals surface area contributed by atoms with Crippen LogP contribution in [0.25, 0.3) is 0 Å². The highest BCUT2D eigenvalue weighted by atomic mass is 16.5. The number of allylic oxidation sites excluding steroid dienone is 2. The number of ether oxygens (including phenoxy) is 1. The Morgan fingerprint density at radius 3 is 2.75 bits per heavy atom. The fraction of sp³-hybridized carbons (Fsp3) is 0.667. The van der Waals surface area contributed by atoms with E-state index in [2.05, 4.69) is 17.5 Å². The minimum atomic E-state index is -0.109. The Balaban J connectivity index is 1.69. The molecule has 0 heterocycles. The van der Waals surface area contributed by atoms with Gasteiger partial charge in [-0.15, -0.1) is 0 Å². The minimum absolute atomic E-state index is 0.0485. The molecule has 0 aromatic heterocycles. The highest BCUT2D eigenvalue weighted by Crippen LogP contribution is 2.43. The van der Waals surface area contributed by atoms with Crippen molar-refractivity contribution in [3.05, 3.63) is 12.2 Å². The smallest absolute Gasteiger partial charge is 0.309 e. The number of hydrogen-bond donors (Lipinski definition) is 1. The number of carbonyl (C=O) groups is 2. The molecule has 1 fully saturated rings. The highest BCUT2D eigenvalue weighted by Gasteiger charge is 2.40. The molecule has 4 nitrogen and oxygen atoms in total. The van der Waals surface area contributed by atoms with Crippen molar-refractivity contribution in [3.63, 3.8) is 0 Å². The molecule has 3 atom stereocenters. The molecular weight excluding hydrogens is 206 g/mol. The molecular formula is C12H17NO3. The number of amides is 1. The van der Waals surface area contributed by atoms with Crippen molar-refractivity contribution in [1.82, 2.24) is 5.32 Å². The Hall–Kier alpha value is -1.32. The Labute approximate surface area is 95.0 Å². The summed E-state index contributed by atoms with van der Waals surface area (Å²) in [5, 5.41) is 2.60. The van der Waals surface area contributed by atoms with Crippen LogP contribution in [0.5, 0.6) is 0 Å². The topological polar surface area (TPSA) is 55.4 Å². The van der Waals surface area contributed by atoms with Gasteiger partial charge in [-0.25, -0.2) is 0 Å². The first-order valence-corrected chi connectivity index (χ1v) is 5.76. The average Bonchev–Trinajstić information content (AvgIpc) is 2.85. The second kappa shape index (κ2) is 4.68. The molecule has 1 saturated carbocycles. The van der Waals surface area contributed by atoms with Crippen LogP contribution in [0.3, 0.4) is 0 Å². The maximum atomic E-state index is 11.7. The zero-order valence-corrected chi connectivity index (χ0v) is 9.44. The number of esters is 1. The first-order chi connectivity index (χ1) is 7.66. The van der Waals surface area contributed by atoms with E-state index < -0.39 is 0 Å². The van der Waals surface area contributed by atoms with Gasteiger partial charge >= 0.3 is 5.97 Å². The van der Waals surface area contributed by atoms with Gasteiger partial charge in [-0.3, -0.25) is 9.59 Å². The highest BCUT2D eigenvalue weighted by molar-refractivity contribution is 5.74. The Kier molecular flexibility index (Phi) is 3.27. The van der Waals surface area contributed by atoms with Crippen LogP contribution in [0.15, 0.2) is 12.2 Å². The van der Waals surface area contributed by atoms with Gasteiger partial charge in [0.15, 0.2) is 0 Å². The average molecular weight is 223 g/mol. The standard InChI is InChI=1S/C12H17NO3/c1-8(14)13-4-5-16-12(15)11-7-9-2-3-10(11)6-9/h2-3,9-11H,4-7H2,1H3,(H,13,14)/t9-,10+,11?/m1/s1. The molecule has 2 bridgehead atoms. The van der Waals surface area contributed by atoms with E-state index in [4.69, 9.17) is 4.74 Å². The molecule has 88 valence electrons. The minimum Gasteiger partial charge on any atom is -0.464 e. The molecule has 0 aromatic rings. The van der Waals surface area contributed by atoms with Crippen LogP contribution in [-0.2, 0) is 14.3 Å². The van der Waals surface area contributed by atoms with E-state index in [1.807, 2.05) is 0 Å². The van der Waals surface area contributed by atoms with Gasteiger partial charge in [-0.05, 0) is 24.7 Å². The van der Waals surface area contributed by atoms with E-state index >= 15 is 0 Å². The van der Waals surface area contributed by atoms with E-state index in [9.17, 15) is 9.59 Å². The van der Waals surface area contributed by atoms with Crippen LogP contribution in [0.1, 0.15) is 19.8 Å². The lowest BCUT2D eigenvalue weighted by Gasteiger charge is -2.16. The van der Waals surface area contributed by atoms with Crippen molar-refractivity contribution >= 4 is 11.9 Å². The van der Waals surface area contributed by atoms with Gasteiger partial charge in [-0.2, -0.15) is 0 Å². The second-order valence-electron chi connectivity index (χ2n) is 4.54. The van der Waals surface area contributed by atoms with Crippen molar-refractivity contribution in [3.8, 4) is 0 Å². The lowest BCUT2D eigenvalue weighted by Crippen LogP contribution is -2.28. The number of nitrogens with one attached hydrogen (secondary N) is 1. The SMILES string of the molecule is CC(=O)NCCOC(=O)C1C[C@@H]2C=C[C@H]1C2. The summed E-state index contributed by atoms with van der Waals surface area (Å²) in [5.41, 5.74) is 0. The van der Waals surface area contributed by atoms with E-state index in [1.165, 1.54) is 6.92 Å². The summed E-state index contributed by atoms with van der Waals surface area (Å²) in [4.78, 5) is 22.3. The van der Waals surface area contributed by atoms with Crippen LogP contribution in [0, 0.1) is 17.8 Å². The van der Waals surface area contributed by atoms with Crippen molar-refractivity contribution in [2.75, 3.05) is 13.2 Å². The molecule has 1 N–H and O–H groups in total. The third kappa shape index (κ3) is 2.43. The Bertz CT molecular complexity index is 324. The first kappa shape index (κ1) is 11.2. The van der Waals surface area contributed by atoms with E-state index in [0.29, 0.717) is 18.4 Å². The predicted molar refractivity (Wildman–Crippen MR) is 58.5 cm³/mol. The molecule has 0 saturated heterocycles. The number of rotatable bonds is 4. The number of hydrogen-bond acceptors (Lipinski definition) is 3. The number of carbonyl (C=O) groups excluding carboxylic acids is 2. The zero-order valence-electron chi connectivity index (χ0n) is 9.44. The lowest BCUT2D eigenvalue weighted by molar-refractivity contribution is -0.149. The van der Waals surface area contributed by atoms with Gasteiger partial charge in [0, 0.05) is 6.92 Å². The fourth-order valence-electron chi connectivity index (χ4n) is 2.54. The molecule has 1 unspecified atom stereocenters. The summed E-state index contributed by atoms with van der Waals surface area (Å²) in [7, 11) is 0. The predicted octanol–water partition coefficient (Wildman–Crippen LogP) is 0.878. The van der Waals surface area contributed by atoms with Crippen molar-refractivity contribution in [2.24, 2.45) is 17.8 Å². The van der Waals surface area contributed by atoms with Crippen LogP contribution in [0.4, 0.5) is 0 Å². The molecule has 2 aliphatic carbocycles. The van der Waals surface area contributed by atoms with E-state index in [0.717, 1.165) is 12.8 Å². The van der Waals surface area contributed by atoms with Crippen LogP contribution in [-0.4, -0.2) is 25.0 Å². The Morgan fingerprint density at radius 1 is 1.38 bits per heavy atom. The van der Waals surface area contributed by atoms with Crippen LogP contribution < -0.4 is 5.32 Å². The van der Waals surface area contributed by atoms with Crippen molar-refractivity contribution in [2.45, 2.75) is 19.8 Å². The molecule has 0 radical (unpaired) electrons. The summed E-state index contributed by atoms with van der Waals surface area (Å²) < 4.78 is 5.14. The fourth-order valence-corrected chi connectivity index (χ4v) is 2.54. The first-order valence-electron chi connectivity index (χ1n) is 5.76. The van der Waals surface area contributed by atoms with Gasteiger partial charge < -0.3 is 10.1 Å². The maximum Gasteiger partial charge on any atom is 0.309 e. The van der Waals surface area contributed by atoms with Crippen LogP contribution >= 0.6 is 0 Å². The van der Waals surface area contributed by atoms with Crippen LogP contribution in [0.2, 0.25) is 0 Å². The maximum absolute atomic E-state index is 11.7.